The summed E-state index contributed by atoms with van der Waals surface area (Å²) in [4.78, 5) is 2.24. The van der Waals surface area contributed by atoms with Gasteiger partial charge in [0.1, 0.15) is 0 Å². The van der Waals surface area contributed by atoms with E-state index in [1.54, 1.807) is 0 Å². The maximum atomic E-state index is 3.89. The van der Waals surface area contributed by atoms with Crippen LogP contribution in [-0.4, -0.2) is 25.5 Å². The lowest BCUT2D eigenvalue weighted by atomic mass is 10.0. The molecule has 0 saturated carbocycles. The Bertz CT molecular complexity index is 116. The van der Waals surface area contributed by atoms with E-state index < -0.39 is 0 Å². The van der Waals surface area contributed by atoms with E-state index in [2.05, 4.69) is 39.4 Å². The van der Waals surface area contributed by atoms with Crippen LogP contribution in [0.2, 0.25) is 0 Å². The maximum absolute atomic E-state index is 3.89. The molecule has 0 aromatic carbocycles. The molecule has 0 bridgehead atoms. The topological polar surface area (TPSA) is 3.24 Å². The Morgan fingerprint density at radius 1 is 1.45 bits per heavy atom. The van der Waals surface area contributed by atoms with Crippen LogP contribution in [0.25, 0.3) is 0 Å². The molecule has 0 radical (unpaired) electrons. The summed E-state index contributed by atoms with van der Waals surface area (Å²) in [7, 11) is 4.24. The van der Waals surface area contributed by atoms with Gasteiger partial charge in [-0.25, -0.2) is 0 Å². The fourth-order valence-electron chi connectivity index (χ4n) is 1.21. The molecule has 66 valence electrons. The first-order valence-electron chi connectivity index (χ1n) is 4.31. The molecular formula is C10H21N. The molecule has 0 heterocycles. The summed E-state index contributed by atoms with van der Waals surface area (Å²) in [5, 5.41) is 0. The molecule has 0 rings (SSSR count). The molecule has 0 spiro atoms. The van der Waals surface area contributed by atoms with Crippen molar-refractivity contribution in [1.29, 1.82) is 0 Å². The van der Waals surface area contributed by atoms with E-state index >= 15 is 0 Å². The average molecular weight is 155 g/mol. The summed E-state index contributed by atoms with van der Waals surface area (Å²) in [6.07, 6.45) is 2.45. The smallest absolute Gasteiger partial charge is 0.000103 e. The van der Waals surface area contributed by atoms with Crippen LogP contribution in [-0.2, 0) is 0 Å². The minimum atomic E-state index is 0.793. The van der Waals surface area contributed by atoms with E-state index in [1.165, 1.54) is 25.0 Å². The monoisotopic (exact) mass is 155 g/mol. The van der Waals surface area contributed by atoms with Crippen molar-refractivity contribution in [1.82, 2.24) is 4.90 Å². The van der Waals surface area contributed by atoms with Crippen molar-refractivity contribution in [2.24, 2.45) is 5.92 Å². The van der Waals surface area contributed by atoms with Gasteiger partial charge in [-0.3, -0.25) is 0 Å². The SMILES string of the molecule is C=C(C)CCC(C)CN(C)C. The summed E-state index contributed by atoms with van der Waals surface area (Å²) >= 11 is 0. The standard InChI is InChI=1S/C10H21N/c1-9(2)6-7-10(3)8-11(4)5/h10H,1,6-8H2,2-5H3. The second-order valence-electron chi connectivity index (χ2n) is 3.86. The Labute approximate surface area is 71.1 Å². The molecule has 0 aromatic rings. The van der Waals surface area contributed by atoms with E-state index in [1.807, 2.05) is 0 Å². The number of hydrogen-bond acceptors (Lipinski definition) is 1. The molecule has 0 aliphatic heterocycles. The maximum Gasteiger partial charge on any atom is 0.000103 e. The van der Waals surface area contributed by atoms with Gasteiger partial charge in [-0.15, -0.1) is 6.58 Å². The molecule has 1 unspecified atom stereocenters. The zero-order valence-corrected chi connectivity index (χ0v) is 8.35. The van der Waals surface area contributed by atoms with Gasteiger partial charge in [0.15, 0.2) is 0 Å². The van der Waals surface area contributed by atoms with Crippen molar-refractivity contribution in [3.8, 4) is 0 Å². The summed E-state index contributed by atoms with van der Waals surface area (Å²) in [5.74, 6) is 0.793. The lowest BCUT2D eigenvalue weighted by Gasteiger charge is -2.16. The molecule has 0 fully saturated rings. The van der Waals surface area contributed by atoms with Crippen molar-refractivity contribution in [3.05, 3.63) is 12.2 Å². The molecule has 1 nitrogen and oxygen atoms in total. The van der Waals surface area contributed by atoms with Crippen LogP contribution in [0, 0.1) is 5.92 Å². The van der Waals surface area contributed by atoms with Crippen LogP contribution < -0.4 is 0 Å². The molecule has 0 saturated heterocycles. The molecule has 0 amide bonds. The molecule has 1 atom stereocenters. The van der Waals surface area contributed by atoms with Gasteiger partial charge < -0.3 is 4.90 Å². The Kier molecular flexibility index (Phi) is 5.22. The Balaban J connectivity index is 3.37. The quantitative estimate of drug-likeness (QED) is 0.551. The molecule has 0 N–H and O–H groups in total. The third-order valence-electron chi connectivity index (χ3n) is 1.74. The fraction of sp³-hybridized carbons (Fsp3) is 0.800. The van der Waals surface area contributed by atoms with E-state index in [0.29, 0.717) is 0 Å². The van der Waals surface area contributed by atoms with E-state index in [9.17, 15) is 0 Å². The normalized spacial score (nSPS) is 13.5. The van der Waals surface area contributed by atoms with Crippen LogP contribution in [0.1, 0.15) is 26.7 Å². The van der Waals surface area contributed by atoms with E-state index in [0.717, 1.165) is 5.92 Å². The van der Waals surface area contributed by atoms with E-state index in [4.69, 9.17) is 0 Å². The molecule has 0 aliphatic carbocycles. The van der Waals surface area contributed by atoms with Crippen LogP contribution in [0.4, 0.5) is 0 Å². The Morgan fingerprint density at radius 3 is 2.36 bits per heavy atom. The van der Waals surface area contributed by atoms with Crippen LogP contribution in [0.5, 0.6) is 0 Å². The van der Waals surface area contributed by atoms with Crippen molar-refractivity contribution < 1.29 is 0 Å². The molecule has 0 aromatic heterocycles. The van der Waals surface area contributed by atoms with Gasteiger partial charge in [0, 0.05) is 6.54 Å². The van der Waals surface area contributed by atoms with Gasteiger partial charge in [-0.1, -0.05) is 12.5 Å². The van der Waals surface area contributed by atoms with Gasteiger partial charge in [0.2, 0.25) is 0 Å². The molecule has 0 aliphatic rings. The Morgan fingerprint density at radius 2 is 2.00 bits per heavy atom. The van der Waals surface area contributed by atoms with Crippen molar-refractivity contribution >= 4 is 0 Å². The predicted octanol–water partition coefficient (Wildman–Crippen LogP) is 2.54. The highest BCUT2D eigenvalue weighted by Crippen LogP contribution is 2.10. The number of hydrogen-bond donors (Lipinski definition) is 0. The van der Waals surface area contributed by atoms with Crippen LogP contribution in [0.15, 0.2) is 12.2 Å². The first-order valence-corrected chi connectivity index (χ1v) is 4.31. The van der Waals surface area contributed by atoms with Crippen molar-refractivity contribution in [3.63, 3.8) is 0 Å². The minimum absolute atomic E-state index is 0.793. The third-order valence-corrected chi connectivity index (χ3v) is 1.74. The second kappa shape index (κ2) is 5.36. The summed E-state index contributed by atoms with van der Waals surface area (Å²) in [5.41, 5.74) is 1.30. The lowest BCUT2D eigenvalue weighted by Crippen LogP contribution is -2.19. The minimum Gasteiger partial charge on any atom is -0.309 e. The molecule has 11 heavy (non-hydrogen) atoms. The third kappa shape index (κ3) is 7.60. The molecule has 1 heteroatoms. The first kappa shape index (κ1) is 10.7. The van der Waals surface area contributed by atoms with Crippen LogP contribution in [0.3, 0.4) is 0 Å². The molecular weight excluding hydrogens is 134 g/mol. The van der Waals surface area contributed by atoms with Crippen molar-refractivity contribution in [2.75, 3.05) is 20.6 Å². The highest BCUT2D eigenvalue weighted by molar-refractivity contribution is 4.87. The summed E-state index contributed by atoms with van der Waals surface area (Å²) in [6.45, 7) is 9.47. The van der Waals surface area contributed by atoms with Crippen molar-refractivity contribution in [2.45, 2.75) is 26.7 Å². The average Bonchev–Trinajstić information content (AvgIpc) is 1.82. The second-order valence-corrected chi connectivity index (χ2v) is 3.86. The number of rotatable bonds is 5. The predicted molar refractivity (Wildman–Crippen MR) is 51.8 cm³/mol. The first-order chi connectivity index (χ1) is 5.02. The van der Waals surface area contributed by atoms with Gasteiger partial charge in [0.05, 0.1) is 0 Å². The fourth-order valence-corrected chi connectivity index (χ4v) is 1.21. The van der Waals surface area contributed by atoms with Gasteiger partial charge in [-0.05, 0) is 39.8 Å². The summed E-state index contributed by atoms with van der Waals surface area (Å²) < 4.78 is 0. The Hall–Kier alpha value is -0.300. The number of allylic oxidation sites excluding steroid dienone is 1. The lowest BCUT2D eigenvalue weighted by molar-refractivity contribution is 0.328. The zero-order valence-electron chi connectivity index (χ0n) is 8.35. The van der Waals surface area contributed by atoms with Crippen LogP contribution >= 0.6 is 0 Å². The zero-order chi connectivity index (χ0) is 8.85. The summed E-state index contributed by atoms with van der Waals surface area (Å²) in [6, 6.07) is 0. The highest BCUT2D eigenvalue weighted by Gasteiger charge is 2.02. The largest absolute Gasteiger partial charge is 0.309 e. The van der Waals surface area contributed by atoms with Gasteiger partial charge in [-0.2, -0.15) is 0 Å². The van der Waals surface area contributed by atoms with Gasteiger partial charge >= 0.3 is 0 Å². The number of nitrogens with zero attached hydrogens (tertiary/aromatic N) is 1. The van der Waals surface area contributed by atoms with E-state index in [-0.39, 0.29) is 0 Å². The highest BCUT2D eigenvalue weighted by atomic mass is 15.1. The van der Waals surface area contributed by atoms with Gasteiger partial charge in [0.25, 0.3) is 0 Å².